The molecule has 0 aliphatic heterocycles. The van der Waals surface area contributed by atoms with Gasteiger partial charge in [-0.25, -0.2) is 0 Å². The summed E-state index contributed by atoms with van der Waals surface area (Å²) < 4.78 is 29.6. The molecule has 156 valence electrons. The predicted molar refractivity (Wildman–Crippen MR) is 124 cm³/mol. The van der Waals surface area contributed by atoms with Crippen molar-refractivity contribution in [2.45, 2.75) is 22.5 Å². The minimum Gasteiger partial charge on any atom is -0.368 e. The number of sulfonamides is 1. The quantitative estimate of drug-likeness (QED) is 0.207. The molecule has 4 N–H and O–H groups in total. The van der Waals surface area contributed by atoms with E-state index in [1.165, 1.54) is 17.8 Å². The van der Waals surface area contributed by atoms with Gasteiger partial charge in [-0.05, 0) is 42.3 Å². The zero-order chi connectivity index (χ0) is 21.6. The van der Waals surface area contributed by atoms with E-state index < -0.39 is 10.0 Å². The molecule has 0 spiro atoms. The predicted octanol–water partition coefficient (Wildman–Crippen LogP) is 4.56. The number of aryl methyl sites for hydroxylation is 1. The van der Waals surface area contributed by atoms with Crippen LogP contribution in [-0.2, 0) is 15.8 Å². The van der Waals surface area contributed by atoms with E-state index in [1.807, 2.05) is 48.5 Å². The van der Waals surface area contributed by atoms with Crippen LogP contribution in [0.5, 0.6) is 0 Å². The van der Waals surface area contributed by atoms with Crippen LogP contribution in [0.3, 0.4) is 0 Å². The van der Waals surface area contributed by atoms with Crippen LogP contribution in [0.15, 0.2) is 87.0 Å². The number of benzene rings is 3. The molecule has 9 heteroatoms. The van der Waals surface area contributed by atoms with Gasteiger partial charge in [0.05, 0.1) is 5.69 Å². The second-order valence-electron chi connectivity index (χ2n) is 6.39. The van der Waals surface area contributed by atoms with Crippen molar-refractivity contribution < 1.29 is 8.42 Å². The summed E-state index contributed by atoms with van der Waals surface area (Å²) in [7, 11) is -4.06. The fourth-order valence-corrected chi connectivity index (χ4v) is 5.23. The third-order valence-electron chi connectivity index (χ3n) is 4.07. The van der Waals surface area contributed by atoms with Crippen molar-refractivity contribution in [3.8, 4) is 0 Å². The van der Waals surface area contributed by atoms with Crippen LogP contribution >= 0.6 is 23.4 Å². The van der Waals surface area contributed by atoms with Gasteiger partial charge in [0.1, 0.15) is 4.90 Å². The average Bonchev–Trinajstić information content (AvgIpc) is 2.74. The standard InChI is InChI=1S/C21H21ClN4O2S2/c1-15-12-20(19(13-18(15)22)29-14-16-8-4-2-5-9-16)30(27,28)26-21(23)25-24-17-10-6-3-7-11-17/h2-13,24H,14H2,1H3,(H3,23,25,26). The molecule has 30 heavy (non-hydrogen) atoms. The molecule has 0 unspecified atom stereocenters. The van der Waals surface area contributed by atoms with E-state index in [1.54, 1.807) is 25.1 Å². The lowest BCUT2D eigenvalue weighted by atomic mass is 10.2. The van der Waals surface area contributed by atoms with Crippen LogP contribution in [-0.4, -0.2) is 14.4 Å². The molecule has 3 aromatic rings. The lowest BCUT2D eigenvalue weighted by molar-refractivity contribution is 0.595. The van der Waals surface area contributed by atoms with Crippen molar-refractivity contribution in [1.29, 1.82) is 0 Å². The molecule has 6 nitrogen and oxygen atoms in total. The largest absolute Gasteiger partial charge is 0.368 e. The van der Waals surface area contributed by atoms with Crippen LogP contribution < -0.4 is 16.6 Å². The van der Waals surface area contributed by atoms with E-state index in [4.69, 9.17) is 17.3 Å². The number of hydrogen-bond acceptors (Lipinski definition) is 4. The molecule has 0 aromatic heterocycles. The van der Waals surface area contributed by atoms with Gasteiger partial charge in [-0.3, -0.25) is 10.9 Å². The summed E-state index contributed by atoms with van der Waals surface area (Å²) in [6, 6.07) is 22.1. The van der Waals surface area contributed by atoms with E-state index in [0.717, 1.165) is 11.3 Å². The molecule has 3 rings (SSSR count). The van der Waals surface area contributed by atoms with E-state index >= 15 is 0 Å². The number of nitrogens with zero attached hydrogens (tertiary/aromatic N) is 1. The third-order valence-corrected chi connectivity index (χ3v) is 7.06. The molecule has 0 saturated heterocycles. The minimum absolute atomic E-state index is 0.0646. The Labute approximate surface area is 185 Å². The number of hydrazine groups is 1. The fraction of sp³-hybridized carbons (Fsp3) is 0.0952. The molecule has 3 aromatic carbocycles. The van der Waals surface area contributed by atoms with Gasteiger partial charge in [-0.1, -0.05) is 60.1 Å². The van der Waals surface area contributed by atoms with Gasteiger partial charge in [0.2, 0.25) is 5.96 Å². The summed E-state index contributed by atoms with van der Waals surface area (Å²) in [6.07, 6.45) is 0. The van der Waals surface area contributed by atoms with Crippen LogP contribution in [0.4, 0.5) is 5.69 Å². The van der Waals surface area contributed by atoms with E-state index in [2.05, 4.69) is 15.2 Å². The highest BCUT2D eigenvalue weighted by molar-refractivity contribution is 7.99. The average molecular weight is 461 g/mol. The van der Waals surface area contributed by atoms with Crippen molar-refractivity contribution >= 4 is 45.0 Å². The van der Waals surface area contributed by atoms with Crippen LogP contribution in [0, 0.1) is 6.92 Å². The first-order chi connectivity index (χ1) is 14.3. The number of nitrogens with two attached hydrogens (primary N) is 1. The smallest absolute Gasteiger partial charge is 0.286 e. The first-order valence-electron chi connectivity index (χ1n) is 8.99. The molecule has 0 atom stereocenters. The Morgan fingerprint density at radius 2 is 1.70 bits per heavy atom. The zero-order valence-electron chi connectivity index (χ0n) is 16.2. The number of guanidine groups is 1. The van der Waals surface area contributed by atoms with Crippen molar-refractivity contribution in [1.82, 2.24) is 5.43 Å². The molecule has 0 heterocycles. The summed E-state index contributed by atoms with van der Waals surface area (Å²) in [5, 5.41) is 0.491. The summed E-state index contributed by atoms with van der Waals surface area (Å²) >= 11 is 7.63. The Bertz CT molecular complexity index is 1140. The van der Waals surface area contributed by atoms with E-state index in [0.29, 0.717) is 21.2 Å². The Balaban J connectivity index is 1.83. The van der Waals surface area contributed by atoms with Gasteiger partial charge >= 0.3 is 0 Å². The number of para-hydroxylation sites is 1. The van der Waals surface area contributed by atoms with Crippen LogP contribution in [0.2, 0.25) is 5.02 Å². The molecular formula is C21H21ClN4O2S2. The Hall–Kier alpha value is -2.68. The Morgan fingerprint density at radius 3 is 2.37 bits per heavy atom. The lowest BCUT2D eigenvalue weighted by Crippen LogP contribution is -2.36. The number of halogens is 1. The first-order valence-corrected chi connectivity index (χ1v) is 11.8. The van der Waals surface area contributed by atoms with Gasteiger partial charge in [-0.2, -0.15) is 8.42 Å². The summed E-state index contributed by atoms with van der Waals surface area (Å²) in [6.45, 7) is 1.75. The normalized spacial score (nSPS) is 11.9. The van der Waals surface area contributed by atoms with Gasteiger partial charge < -0.3 is 5.73 Å². The highest BCUT2D eigenvalue weighted by Gasteiger charge is 2.21. The molecule has 0 fully saturated rings. The van der Waals surface area contributed by atoms with Crippen molar-refractivity contribution in [3.63, 3.8) is 0 Å². The minimum atomic E-state index is -4.06. The lowest BCUT2D eigenvalue weighted by Gasteiger charge is -2.12. The van der Waals surface area contributed by atoms with Gasteiger partial charge in [0.15, 0.2) is 0 Å². The maximum Gasteiger partial charge on any atom is 0.286 e. The second-order valence-corrected chi connectivity index (χ2v) is 9.39. The SMILES string of the molecule is Cc1cc(S(=O)(=O)/N=C(\N)NNc2ccccc2)c(SCc2ccccc2)cc1Cl. The highest BCUT2D eigenvalue weighted by Crippen LogP contribution is 2.34. The second kappa shape index (κ2) is 9.88. The Morgan fingerprint density at radius 1 is 1.07 bits per heavy atom. The number of anilines is 1. The van der Waals surface area contributed by atoms with E-state index in [9.17, 15) is 8.42 Å². The number of hydrogen-bond donors (Lipinski definition) is 3. The maximum atomic E-state index is 13.0. The van der Waals surface area contributed by atoms with Gasteiger partial charge in [0.25, 0.3) is 10.0 Å². The fourth-order valence-electron chi connectivity index (χ4n) is 2.55. The summed E-state index contributed by atoms with van der Waals surface area (Å²) in [5.41, 5.74) is 13.6. The van der Waals surface area contributed by atoms with Crippen LogP contribution in [0.25, 0.3) is 0 Å². The van der Waals surface area contributed by atoms with Crippen molar-refractivity contribution in [2.75, 3.05) is 5.43 Å². The van der Waals surface area contributed by atoms with E-state index in [-0.39, 0.29) is 10.9 Å². The topological polar surface area (TPSA) is 96.6 Å². The van der Waals surface area contributed by atoms with Crippen molar-refractivity contribution in [3.05, 3.63) is 88.9 Å². The zero-order valence-corrected chi connectivity index (χ0v) is 18.6. The molecular weight excluding hydrogens is 440 g/mol. The number of nitrogens with one attached hydrogen (secondary N) is 2. The number of rotatable bonds is 7. The van der Waals surface area contributed by atoms with Crippen molar-refractivity contribution in [2.24, 2.45) is 10.1 Å². The highest BCUT2D eigenvalue weighted by atomic mass is 35.5. The summed E-state index contributed by atoms with van der Waals surface area (Å²) in [5.74, 6) is 0.320. The first kappa shape index (κ1) is 22.0. The molecule has 0 bridgehead atoms. The maximum absolute atomic E-state index is 13.0. The molecule has 0 aliphatic carbocycles. The third kappa shape index (κ3) is 5.91. The van der Waals surface area contributed by atoms with Gasteiger partial charge in [-0.15, -0.1) is 16.2 Å². The monoisotopic (exact) mass is 460 g/mol. The summed E-state index contributed by atoms with van der Waals surface area (Å²) in [4.78, 5) is 0.580. The Kier molecular flexibility index (Phi) is 7.25. The van der Waals surface area contributed by atoms with Crippen LogP contribution in [0.1, 0.15) is 11.1 Å². The molecule has 0 saturated carbocycles. The molecule has 0 aliphatic rings. The molecule has 0 amide bonds. The van der Waals surface area contributed by atoms with Gasteiger partial charge in [0, 0.05) is 15.7 Å². The number of thioether (sulfide) groups is 1. The molecule has 0 radical (unpaired) electrons.